The normalized spacial score (nSPS) is 19.6. The molecule has 2 aliphatic heterocycles. The molecule has 1 fully saturated rings. The lowest BCUT2D eigenvalue weighted by atomic mass is 10.1. The molecule has 0 bridgehead atoms. The second kappa shape index (κ2) is 7.87. The second-order valence-electron chi connectivity index (χ2n) is 6.71. The number of nitrogens with zero attached hydrogens (tertiary/aromatic N) is 1. The summed E-state index contributed by atoms with van der Waals surface area (Å²) in [4.78, 5) is 27.8. The quantitative estimate of drug-likeness (QED) is 0.783. The first kappa shape index (κ1) is 19.4. The molecule has 29 heavy (non-hydrogen) atoms. The van der Waals surface area contributed by atoms with Crippen LogP contribution in [0.4, 0.5) is 0 Å². The maximum Gasteiger partial charge on any atom is 0.260 e. The van der Waals surface area contributed by atoms with Crippen LogP contribution in [-0.2, 0) is 11.3 Å². The highest BCUT2D eigenvalue weighted by atomic mass is 32.2. The molecule has 2 amide bonds. The van der Waals surface area contributed by atoms with E-state index in [0.717, 1.165) is 11.1 Å². The van der Waals surface area contributed by atoms with Crippen molar-refractivity contribution in [1.82, 2.24) is 10.2 Å². The standard InChI is InChI=1S/C21H22N2O5S/c1-26-15-7-5-4-6-12(15)10-22-19(24)14-11-29-21-13-8-9-16(27-2)18(28-3)17(13)20(25)23(14)21/h4-9,14,21H,10-11H2,1-3H3,(H,22,24)/t14-,21-/m1/s1. The molecule has 0 saturated carbocycles. The number of thioether (sulfide) groups is 1. The summed E-state index contributed by atoms with van der Waals surface area (Å²) < 4.78 is 16.1. The lowest BCUT2D eigenvalue weighted by Gasteiger charge is -2.22. The fourth-order valence-electron chi connectivity index (χ4n) is 3.84. The summed E-state index contributed by atoms with van der Waals surface area (Å²) in [5, 5.41) is 2.75. The van der Waals surface area contributed by atoms with E-state index < -0.39 is 6.04 Å². The number of methoxy groups -OCH3 is 3. The van der Waals surface area contributed by atoms with Gasteiger partial charge in [-0.3, -0.25) is 9.59 Å². The molecule has 0 unspecified atom stereocenters. The van der Waals surface area contributed by atoms with Gasteiger partial charge in [-0.25, -0.2) is 0 Å². The predicted octanol–water partition coefficient (Wildman–Crippen LogP) is 2.60. The predicted molar refractivity (Wildman–Crippen MR) is 110 cm³/mol. The van der Waals surface area contributed by atoms with E-state index in [-0.39, 0.29) is 17.2 Å². The number of amides is 2. The Hall–Kier alpha value is -2.87. The zero-order chi connectivity index (χ0) is 20.5. The average molecular weight is 414 g/mol. The van der Waals surface area contributed by atoms with Gasteiger partial charge < -0.3 is 24.4 Å². The van der Waals surface area contributed by atoms with Crippen molar-refractivity contribution in [3.05, 3.63) is 53.1 Å². The molecule has 2 heterocycles. The van der Waals surface area contributed by atoms with E-state index in [9.17, 15) is 9.59 Å². The van der Waals surface area contributed by atoms with Gasteiger partial charge in [-0.2, -0.15) is 0 Å². The van der Waals surface area contributed by atoms with Crippen LogP contribution in [0.1, 0.15) is 26.9 Å². The van der Waals surface area contributed by atoms with Gasteiger partial charge in [0.15, 0.2) is 11.5 Å². The first-order valence-corrected chi connectivity index (χ1v) is 10.2. The fraction of sp³-hybridized carbons (Fsp3) is 0.333. The van der Waals surface area contributed by atoms with Gasteiger partial charge >= 0.3 is 0 Å². The molecule has 0 radical (unpaired) electrons. The monoisotopic (exact) mass is 414 g/mol. The van der Waals surface area contributed by atoms with Gasteiger partial charge in [0.1, 0.15) is 17.2 Å². The highest BCUT2D eigenvalue weighted by Crippen LogP contribution is 2.52. The number of rotatable bonds is 6. The summed E-state index contributed by atoms with van der Waals surface area (Å²) in [6.45, 7) is 0.334. The first-order valence-electron chi connectivity index (χ1n) is 9.19. The molecule has 2 aliphatic rings. The van der Waals surface area contributed by atoms with Crippen molar-refractivity contribution in [2.24, 2.45) is 0 Å². The maximum absolute atomic E-state index is 13.2. The van der Waals surface area contributed by atoms with Gasteiger partial charge in [0, 0.05) is 23.4 Å². The largest absolute Gasteiger partial charge is 0.496 e. The Morgan fingerprint density at radius 2 is 1.86 bits per heavy atom. The number of nitrogens with one attached hydrogen (secondary N) is 1. The number of para-hydroxylation sites is 1. The summed E-state index contributed by atoms with van der Waals surface area (Å²) >= 11 is 1.58. The number of hydrogen-bond donors (Lipinski definition) is 1. The van der Waals surface area contributed by atoms with Crippen LogP contribution in [0, 0.1) is 0 Å². The molecule has 1 saturated heterocycles. The SMILES string of the molecule is COc1ccccc1CNC(=O)[C@H]1CS[C@@H]2c3ccc(OC)c(OC)c3C(=O)N12. The summed E-state index contributed by atoms with van der Waals surface area (Å²) in [6.07, 6.45) is 0. The van der Waals surface area contributed by atoms with Gasteiger partial charge in [-0.05, 0) is 12.1 Å². The molecule has 2 aromatic carbocycles. The highest BCUT2D eigenvalue weighted by Gasteiger charge is 2.50. The minimum atomic E-state index is -0.546. The molecule has 2 atom stereocenters. The Morgan fingerprint density at radius 1 is 1.10 bits per heavy atom. The molecule has 7 nitrogen and oxygen atoms in total. The molecule has 0 aliphatic carbocycles. The third kappa shape index (κ3) is 3.17. The first-order chi connectivity index (χ1) is 14.1. The van der Waals surface area contributed by atoms with E-state index in [2.05, 4.69) is 5.32 Å². The maximum atomic E-state index is 13.2. The van der Waals surface area contributed by atoms with Crippen LogP contribution in [-0.4, -0.2) is 49.8 Å². The Labute approximate surface area is 173 Å². The van der Waals surface area contributed by atoms with Crippen molar-refractivity contribution in [2.45, 2.75) is 18.0 Å². The van der Waals surface area contributed by atoms with Gasteiger partial charge in [-0.1, -0.05) is 24.3 Å². The van der Waals surface area contributed by atoms with Crippen molar-refractivity contribution >= 4 is 23.6 Å². The van der Waals surface area contributed by atoms with Crippen LogP contribution in [0.5, 0.6) is 17.2 Å². The number of hydrogen-bond acceptors (Lipinski definition) is 6. The molecule has 152 valence electrons. The number of carbonyl (C=O) groups excluding carboxylic acids is 2. The molecular weight excluding hydrogens is 392 g/mol. The second-order valence-corrected chi connectivity index (χ2v) is 7.82. The third-order valence-electron chi connectivity index (χ3n) is 5.24. The highest BCUT2D eigenvalue weighted by molar-refractivity contribution is 7.99. The molecule has 8 heteroatoms. The van der Waals surface area contributed by atoms with Crippen molar-refractivity contribution in [2.75, 3.05) is 27.1 Å². The number of benzene rings is 2. The van der Waals surface area contributed by atoms with E-state index in [1.165, 1.54) is 14.2 Å². The van der Waals surface area contributed by atoms with Gasteiger partial charge in [0.2, 0.25) is 5.91 Å². The Morgan fingerprint density at radius 3 is 2.59 bits per heavy atom. The van der Waals surface area contributed by atoms with Crippen molar-refractivity contribution in [3.63, 3.8) is 0 Å². The number of ether oxygens (including phenoxy) is 3. The zero-order valence-electron chi connectivity index (χ0n) is 16.4. The minimum Gasteiger partial charge on any atom is -0.496 e. The van der Waals surface area contributed by atoms with Crippen LogP contribution in [0.15, 0.2) is 36.4 Å². The van der Waals surface area contributed by atoms with E-state index in [4.69, 9.17) is 14.2 Å². The fourth-order valence-corrected chi connectivity index (χ4v) is 5.30. The van der Waals surface area contributed by atoms with Crippen LogP contribution < -0.4 is 19.5 Å². The van der Waals surface area contributed by atoms with Crippen molar-refractivity contribution < 1.29 is 23.8 Å². The Balaban J connectivity index is 1.54. The van der Waals surface area contributed by atoms with Crippen molar-refractivity contribution in [3.8, 4) is 17.2 Å². The topological polar surface area (TPSA) is 77.1 Å². The molecule has 2 aromatic rings. The van der Waals surface area contributed by atoms with Crippen LogP contribution in [0.3, 0.4) is 0 Å². The minimum absolute atomic E-state index is 0.182. The van der Waals surface area contributed by atoms with Gasteiger partial charge in [0.25, 0.3) is 5.91 Å². The molecule has 1 N–H and O–H groups in total. The van der Waals surface area contributed by atoms with E-state index in [1.807, 2.05) is 30.3 Å². The van der Waals surface area contributed by atoms with Gasteiger partial charge in [0.05, 0.1) is 26.9 Å². The van der Waals surface area contributed by atoms with Crippen molar-refractivity contribution in [1.29, 1.82) is 0 Å². The summed E-state index contributed by atoms with van der Waals surface area (Å²) in [5.41, 5.74) is 2.22. The smallest absolute Gasteiger partial charge is 0.260 e. The van der Waals surface area contributed by atoms with Crippen LogP contribution >= 0.6 is 11.8 Å². The average Bonchev–Trinajstić information content (AvgIpc) is 3.31. The molecular formula is C21H22N2O5S. The zero-order valence-corrected chi connectivity index (χ0v) is 17.2. The third-order valence-corrected chi connectivity index (χ3v) is 6.55. The summed E-state index contributed by atoms with van der Waals surface area (Å²) in [7, 11) is 4.65. The lowest BCUT2D eigenvalue weighted by Crippen LogP contribution is -2.45. The molecule has 4 rings (SSSR count). The number of fused-ring (bicyclic) bond motifs is 3. The Kier molecular flexibility index (Phi) is 5.27. The van der Waals surface area contributed by atoms with E-state index in [1.54, 1.807) is 29.8 Å². The van der Waals surface area contributed by atoms with Crippen LogP contribution in [0.25, 0.3) is 0 Å². The van der Waals surface area contributed by atoms with E-state index in [0.29, 0.717) is 35.1 Å². The summed E-state index contributed by atoms with van der Waals surface area (Å²) in [5.74, 6) is 1.79. The lowest BCUT2D eigenvalue weighted by molar-refractivity contribution is -0.124. The number of carbonyl (C=O) groups is 2. The van der Waals surface area contributed by atoms with Gasteiger partial charge in [-0.15, -0.1) is 11.8 Å². The van der Waals surface area contributed by atoms with Crippen LogP contribution in [0.2, 0.25) is 0 Å². The Bertz CT molecular complexity index is 964. The molecule has 0 aromatic heterocycles. The summed E-state index contributed by atoms with van der Waals surface area (Å²) in [6, 6.07) is 10.7. The van der Waals surface area contributed by atoms with E-state index >= 15 is 0 Å². The molecule has 0 spiro atoms.